The highest BCUT2D eigenvalue weighted by Gasteiger charge is 2.08. The van der Waals surface area contributed by atoms with Crippen molar-refractivity contribution in [1.82, 2.24) is 25.5 Å². The van der Waals surface area contributed by atoms with E-state index in [1.54, 1.807) is 16.4 Å². The molecule has 0 aliphatic heterocycles. The van der Waals surface area contributed by atoms with Gasteiger partial charge in [-0.1, -0.05) is 42.1 Å². The summed E-state index contributed by atoms with van der Waals surface area (Å²) in [6.07, 6.45) is 0.185. The maximum Gasteiger partial charge on any atom is 0.214 e. The molecule has 0 amide bonds. The molecule has 0 radical (unpaired) electrons. The molecule has 6 nitrogen and oxygen atoms in total. The number of aromatic nitrogens is 4. The third kappa shape index (κ3) is 5.31. The van der Waals surface area contributed by atoms with Gasteiger partial charge in [-0.3, -0.25) is 0 Å². The molecule has 26 heavy (non-hydrogen) atoms. The lowest BCUT2D eigenvalue weighted by atomic mass is 10.2. The first kappa shape index (κ1) is 18.4. The van der Waals surface area contributed by atoms with Gasteiger partial charge < -0.3 is 10.1 Å². The summed E-state index contributed by atoms with van der Waals surface area (Å²) in [5.41, 5.74) is 2.18. The van der Waals surface area contributed by atoms with E-state index >= 15 is 0 Å². The molecule has 1 aromatic heterocycles. The van der Waals surface area contributed by atoms with Crippen LogP contribution in [0.4, 0.5) is 0 Å². The zero-order valence-electron chi connectivity index (χ0n) is 15.0. The van der Waals surface area contributed by atoms with Crippen LogP contribution in [0.1, 0.15) is 19.4 Å². The Hall–Kier alpha value is -2.38. The second-order valence-electron chi connectivity index (χ2n) is 6.05. The van der Waals surface area contributed by atoms with E-state index in [0.717, 1.165) is 35.4 Å². The summed E-state index contributed by atoms with van der Waals surface area (Å²) in [5, 5.41) is 16.2. The Morgan fingerprint density at radius 1 is 1.12 bits per heavy atom. The smallest absolute Gasteiger partial charge is 0.214 e. The molecule has 0 saturated heterocycles. The maximum atomic E-state index is 5.73. The van der Waals surface area contributed by atoms with Crippen molar-refractivity contribution in [1.29, 1.82) is 0 Å². The van der Waals surface area contributed by atoms with Gasteiger partial charge in [0.25, 0.3) is 0 Å². The normalized spacial score (nSPS) is 11.0. The summed E-state index contributed by atoms with van der Waals surface area (Å²) in [7, 11) is 0. The fourth-order valence-corrected chi connectivity index (χ4v) is 3.24. The molecule has 0 bridgehead atoms. The Balaban J connectivity index is 1.45. The van der Waals surface area contributed by atoms with Gasteiger partial charge in [-0.2, -0.15) is 4.68 Å². The first-order valence-electron chi connectivity index (χ1n) is 8.65. The monoisotopic (exact) mass is 369 g/mol. The minimum atomic E-state index is 0.185. The second-order valence-corrected chi connectivity index (χ2v) is 7.11. The standard InChI is InChI=1S/C19H23N5OS/c1-15(2)25-18-10-6-7-16(13-18)14-20-11-12-26-19-21-22-23-24(19)17-8-4-3-5-9-17/h3-10,13,15,20H,11-12,14H2,1-2H3. The van der Waals surface area contributed by atoms with E-state index in [-0.39, 0.29) is 6.10 Å². The molecule has 0 fully saturated rings. The number of benzene rings is 2. The Bertz CT molecular complexity index is 806. The zero-order chi connectivity index (χ0) is 18.2. The van der Waals surface area contributed by atoms with Gasteiger partial charge in [-0.25, -0.2) is 0 Å². The van der Waals surface area contributed by atoms with Crippen LogP contribution in [0.2, 0.25) is 0 Å². The highest BCUT2D eigenvalue weighted by Crippen LogP contribution is 2.17. The largest absolute Gasteiger partial charge is 0.491 e. The minimum Gasteiger partial charge on any atom is -0.491 e. The summed E-state index contributed by atoms with van der Waals surface area (Å²) >= 11 is 1.63. The van der Waals surface area contributed by atoms with Crippen LogP contribution < -0.4 is 10.1 Å². The highest BCUT2D eigenvalue weighted by molar-refractivity contribution is 7.99. The average Bonchev–Trinajstić information content (AvgIpc) is 3.10. The molecule has 3 aromatic rings. The van der Waals surface area contributed by atoms with Crippen molar-refractivity contribution in [2.45, 2.75) is 31.7 Å². The number of nitrogens with one attached hydrogen (secondary N) is 1. The third-order valence-electron chi connectivity index (χ3n) is 3.55. The third-order valence-corrected chi connectivity index (χ3v) is 4.47. The molecule has 1 N–H and O–H groups in total. The summed E-state index contributed by atoms with van der Waals surface area (Å²) in [4.78, 5) is 0. The number of thioether (sulfide) groups is 1. The van der Waals surface area contributed by atoms with Crippen molar-refractivity contribution < 1.29 is 4.74 Å². The molecule has 136 valence electrons. The molecule has 0 atom stereocenters. The Morgan fingerprint density at radius 3 is 2.77 bits per heavy atom. The van der Waals surface area contributed by atoms with Crippen molar-refractivity contribution in [2.24, 2.45) is 0 Å². The van der Waals surface area contributed by atoms with Crippen LogP contribution in [-0.2, 0) is 6.54 Å². The van der Waals surface area contributed by atoms with Crippen molar-refractivity contribution in [3.05, 3.63) is 60.2 Å². The van der Waals surface area contributed by atoms with Gasteiger partial charge in [0.2, 0.25) is 5.16 Å². The lowest BCUT2D eigenvalue weighted by Gasteiger charge is -2.11. The molecule has 1 heterocycles. The molecule has 0 aliphatic carbocycles. The SMILES string of the molecule is CC(C)Oc1cccc(CNCCSc2nnnn2-c2ccccc2)c1. The molecule has 0 saturated carbocycles. The summed E-state index contributed by atoms with van der Waals surface area (Å²) in [5.74, 6) is 1.80. The van der Waals surface area contributed by atoms with Gasteiger partial charge >= 0.3 is 0 Å². The van der Waals surface area contributed by atoms with E-state index < -0.39 is 0 Å². The molecule has 2 aromatic carbocycles. The fraction of sp³-hybridized carbons (Fsp3) is 0.316. The van der Waals surface area contributed by atoms with E-state index in [9.17, 15) is 0 Å². The van der Waals surface area contributed by atoms with E-state index in [1.807, 2.05) is 56.3 Å². The first-order chi connectivity index (χ1) is 12.7. The summed E-state index contributed by atoms with van der Waals surface area (Å²) in [6.45, 7) is 5.73. The minimum absolute atomic E-state index is 0.185. The van der Waals surface area contributed by atoms with Crippen LogP contribution in [-0.4, -0.2) is 38.6 Å². The summed E-state index contributed by atoms with van der Waals surface area (Å²) in [6, 6.07) is 18.1. The average molecular weight is 369 g/mol. The molecule has 0 aliphatic rings. The lowest BCUT2D eigenvalue weighted by Crippen LogP contribution is -2.17. The number of tetrazole rings is 1. The van der Waals surface area contributed by atoms with Gasteiger partial charge in [0, 0.05) is 18.8 Å². The molecular formula is C19H23N5OS. The van der Waals surface area contributed by atoms with Gasteiger partial charge in [0.1, 0.15) is 5.75 Å². The maximum absolute atomic E-state index is 5.73. The van der Waals surface area contributed by atoms with E-state index in [1.165, 1.54) is 5.56 Å². The van der Waals surface area contributed by atoms with E-state index in [4.69, 9.17) is 4.74 Å². The van der Waals surface area contributed by atoms with Crippen LogP contribution in [0.5, 0.6) is 5.75 Å². The van der Waals surface area contributed by atoms with Crippen molar-refractivity contribution in [3.63, 3.8) is 0 Å². The fourth-order valence-electron chi connectivity index (χ4n) is 2.45. The van der Waals surface area contributed by atoms with Crippen LogP contribution >= 0.6 is 11.8 Å². The van der Waals surface area contributed by atoms with Crippen LogP contribution in [0.25, 0.3) is 5.69 Å². The number of rotatable bonds is 9. The number of para-hydroxylation sites is 1. The van der Waals surface area contributed by atoms with Gasteiger partial charge in [0.05, 0.1) is 11.8 Å². The predicted molar refractivity (Wildman–Crippen MR) is 104 cm³/mol. The Labute approximate surface area is 158 Å². The van der Waals surface area contributed by atoms with Crippen molar-refractivity contribution in [2.75, 3.05) is 12.3 Å². The number of nitrogens with zero attached hydrogens (tertiary/aromatic N) is 4. The predicted octanol–water partition coefficient (Wildman–Crippen LogP) is 3.33. The van der Waals surface area contributed by atoms with E-state index in [0.29, 0.717) is 0 Å². The molecule has 3 rings (SSSR count). The first-order valence-corrected chi connectivity index (χ1v) is 9.64. The van der Waals surface area contributed by atoms with Crippen molar-refractivity contribution >= 4 is 11.8 Å². The van der Waals surface area contributed by atoms with Gasteiger partial charge in [-0.05, 0) is 54.1 Å². The lowest BCUT2D eigenvalue weighted by molar-refractivity contribution is 0.242. The molecule has 7 heteroatoms. The number of ether oxygens (including phenoxy) is 1. The van der Waals surface area contributed by atoms with Gasteiger partial charge in [-0.15, -0.1) is 5.10 Å². The highest BCUT2D eigenvalue weighted by atomic mass is 32.2. The molecule has 0 spiro atoms. The Morgan fingerprint density at radius 2 is 1.96 bits per heavy atom. The molecular weight excluding hydrogens is 346 g/mol. The van der Waals surface area contributed by atoms with Crippen LogP contribution in [0.15, 0.2) is 59.8 Å². The van der Waals surface area contributed by atoms with E-state index in [2.05, 4.69) is 33.0 Å². The molecule has 0 unspecified atom stereocenters. The van der Waals surface area contributed by atoms with Crippen LogP contribution in [0, 0.1) is 0 Å². The number of hydrogen-bond acceptors (Lipinski definition) is 6. The Kier molecular flexibility index (Phi) is 6.62. The van der Waals surface area contributed by atoms with Crippen molar-refractivity contribution in [3.8, 4) is 11.4 Å². The van der Waals surface area contributed by atoms with Crippen LogP contribution in [0.3, 0.4) is 0 Å². The number of hydrogen-bond donors (Lipinski definition) is 1. The quantitative estimate of drug-likeness (QED) is 0.461. The topological polar surface area (TPSA) is 64.9 Å². The zero-order valence-corrected chi connectivity index (χ0v) is 15.8. The van der Waals surface area contributed by atoms with Gasteiger partial charge in [0.15, 0.2) is 0 Å². The second kappa shape index (κ2) is 9.35. The summed E-state index contributed by atoms with van der Waals surface area (Å²) < 4.78 is 7.49.